The van der Waals surface area contributed by atoms with Crippen molar-refractivity contribution in [1.82, 2.24) is 14.8 Å². The minimum absolute atomic E-state index is 0.282. The summed E-state index contributed by atoms with van der Waals surface area (Å²) >= 11 is 0. The second-order valence-electron chi connectivity index (χ2n) is 3.77. The van der Waals surface area contributed by atoms with Crippen LogP contribution in [0.25, 0.3) is 0 Å². The monoisotopic (exact) mass is 241 g/mol. The van der Waals surface area contributed by atoms with Gasteiger partial charge in [-0.1, -0.05) is 6.07 Å². The third kappa shape index (κ3) is 2.83. The van der Waals surface area contributed by atoms with E-state index in [2.05, 4.69) is 10.1 Å². The van der Waals surface area contributed by atoms with Gasteiger partial charge in [-0.05, 0) is 24.1 Å². The second-order valence-corrected chi connectivity index (χ2v) is 3.77. The van der Waals surface area contributed by atoms with Gasteiger partial charge in [-0.15, -0.1) is 0 Å². The molecule has 2 heterocycles. The molecule has 0 aliphatic rings. The number of hydrogen-bond donors (Lipinski definition) is 0. The van der Waals surface area contributed by atoms with E-state index in [1.54, 1.807) is 12.4 Å². The predicted molar refractivity (Wildman–Crippen MR) is 55.3 cm³/mol. The molecular formula is C11H10F3N3. The van der Waals surface area contributed by atoms with E-state index < -0.39 is 11.9 Å². The fourth-order valence-corrected chi connectivity index (χ4v) is 1.49. The van der Waals surface area contributed by atoms with E-state index in [1.165, 1.54) is 10.9 Å². The van der Waals surface area contributed by atoms with E-state index in [0.29, 0.717) is 0 Å². The summed E-state index contributed by atoms with van der Waals surface area (Å²) in [7, 11) is 0. The SMILES string of the molecule is Cc1cncc(Cn2ccc(C(F)(F)F)n2)c1. The molecule has 0 N–H and O–H groups in total. The van der Waals surface area contributed by atoms with E-state index >= 15 is 0 Å². The summed E-state index contributed by atoms with van der Waals surface area (Å²) in [4.78, 5) is 3.97. The van der Waals surface area contributed by atoms with E-state index in [9.17, 15) is 13.2 Å². The number of rotatable bonds is 2. The van der Waals surface area contributed by atoms with Crippen LogP contribution in [0.5, 0.6) is 0 Å². The smallest absolute Gasteiger partial charge is 0.268 e. The number of alkyl halides is 3. The van der Waals surface area contributed by atoms with Gasteiger partial charge in [0, 0.05) is 18.6 Å². The van der Waals surface area contributed by atoms with Crippen molar-refractivity contribution in [3.8, 4) is 0 Å². The van der Waals surface area contributed by atoms with Crippen LogP contribution in [0, 0.1) is 6.92 Å². The standard InChI is InChI=1S/C11H10F3N3/c1-8-4-9(6-15-5-8)7-17-3-2-10(16-17)11(12,13)14/h2-6H,7H2,1H3. The van der Waals surface area contributed by atoms with Crippen LogP contribution in [0.3, 0.4) is 0 Å². The van der Waals surface area contributed by atoms with Gasteiger partial charge in [0.1, 0.15) is 0 Å². The zero-order valence-corrected chi connectivity index (χ0v) is 9.07. The highest BCUT2D eigenvalue weighted by Crippen LogP contribution is 2.27. The van der Waals surface area contributed by atoms with Gasteiger partial charge in [-0.25, -0.2) is 0 Å². The van der Waals surface area contributed by atoms with Crippen molar-refractivity contribution < 1.29 is 13.2 Å². The first-order chi connectivity index (χ1) is 7.95. The molecule has 2 aromatic rings. The molecule has 0 aliphatic heterocycles. The van der Waals surface area contributed by atoms with E-state index in [0.717, 1.165) is 17.2 Å². The van der Waals surface area contributed by atoms with Crippen molar-refractivity contribution in [2.45, 2.75) is 19.6 Å². The van der Waals surface area contributed by atoms with Gasteiger partial charge in [-0.3, -0.25) is 9.67 Å². The maximum Gasteiger partial charge on any atom is 0.435 e. The van der Waals surface area contributed by atoms with Crippen LogP contribution in [0.2, 0.25) is 0 Å². The Balaban J connectivity index is 2.17. The van der Waals surface area contributed by atoms with Gasteiger partial charge < -0.3 is 0 Å². The van der Waals surface area contributed by atoms with Crippen molar-refractivity contribution >= 4 is 0 Å². The number of halogens is 3. The molecular weight excluding hydrogens is 231 g/mol. The van der Waals surface area contributed by atoms with Gasteiger partial charge >= 0.3 is 6.18 Å². The zero-order chi connectivity index (χ0) is 12.5. The highest BCUT2D eigenvalue weighted by Gasteiger charge is 2.33. The van der Waals surface area contributed by atoms with Crippen LogP contribution in [-0.2, 0) is 12.7 Å². The lowest BCUT2D eigenvalue weighted by atomic mass is 10.2. The summed E-state index contributed by atoms with van der Waals surface area (Å²) in [5.74, 6) is 0. The van der Waals surface area contributed by atoms with Crippen molar-refractivity contribution in [1.29, 1.82) is 0 Å². The zero-order valence-electron chi connectivity index (χ0n) is 9.07. The highest BCUT2D eigenvalue weighted by molar-refractivity contribution is 5.17. The molecule has 0 saturated carbocycles. The summed E-state index contributed by atoms with van der Waals surface area (Å²) in [5, 5.41) is 3.47. The van der Waals surface area contributed by atoms with Crippen LogP contribution < -0.4 is 0 Å². The van der Waals surface area contributed by atoms with Crippen molar-refractivity contribution in [2.75, 3.05) is 0 Å². The molecule has 0 radical (unpaired) electrons. The molecule has 0 aliphatic carbocycles. The Morgan fingerprint density at radius 2 is 2.06 bits per heavy atom. The number of aryl methyl sites for hydroxylation is 1. The van der Waals surface area contributed by atoms with E-state index in [-0.39, 0.29) is 6.54 Å². The van der Waals surface area contributed by atoms with Gasteiger partial charge in [0.15, 0.2) is 5.69 Å². The normalized spacial score (nSPS) is 11.8. The molecule has 0 bridgehead atoms. The molecule has 0 saturated heterocycles. The molecule has 0 fully saturated rings. The Bertz CT molecular complexity index is 517. The lowest BCUT2D eigenvalue weighted by Gasteiger charge is -2.03. The average Bonchev–Trinajstić information content (AvgIpc) is 2.65. The van der Waals surface area contributed by atoms with Gasteiger partial charge in [0.05, 0.1) is 6.54 Å². The summed E-state index contributed by atoms with van der Waals surface area (Å²) < 4.78 is 38.2. The average molecular weight is 241 g/mol. The Kier molecular flexibility index (Phi) is 2.87. The largest absolute Gasteiger partial charge is 0.435 e. The Morgan fingerprint density at radius 1 is 1.29 bits per heavy atom. The number of aromatic nitrogens is 3. The molecule has 90 valence electrons. The lowest BCUT2D eigenvalue weighted by molar-refractivity contribution is -0.141. The highest BCUT2D eigenvalue weighted by atomic mass is 19.4. The Labute approximate surface area is 95.9 Å². The maximum atomic E-state index is 12.3. The maximum absolute atomic E-state index is 12.3. The first-order valence-corrected chi connectivity index (χ1v) is 4.96. The van der Waals surface area contributed by atoms with Crippen molar-refractivity contribution in [3.05, 3.63) is 47.5 Å². The Morgan fingerprint density at radius 3 is 2.65 bits per heavy atom. The second kappa shape index (κ2) is 4.20. The minimum atomic E-state index is -4.39. The fourth-order valence-electron chi connectivity index (χ4n) is 1.49. The first-order valence-electron chi connectivity index (χ1n) is 4.96. The van der Waals surface area contributed by atoms with Gasteiger partial charge in [0.25, 0.3) is 0 Å². The summed E-state index contributed by atoms with van der Waals surface area (Å²) in [6.07, 6.45) is 0.219. The van der Waals surface area contributed by atoms with Crippen LogP contribution in [0.4, 0.5) is 13.2 Å². The van der Waals surface area contributed by atoms with Crippen LogP contribution >= 0.6 is 0 Å². The lowest BCUT2D eigenvalue weighted by Crippen LogP contribution is -2.08. The summed E-state index contributed by atoms with van der Waals surface area (Å²) in [6.45, 7) is 2.16. The van der Waals surface area contributed by atoms with Crippen LogP contribution in [0.15, 0.2) is 30.7 Å². The van der Waals surface area contributed by atoms with Crippen LogP contribution in [-0.4, -0.2) is 14.8 Å². The van der Waals surface area contributed by atoms with E-state index in [4.69, 9.17) is 0 Å². The molecule has 0 atom stereocenters. The van der Waals surface area contributed by atoms with E-state index in [1.807, 2.05) is 13.0 Å². The van der Waals surface area contributed by atoms with Crippen LogP contribution in [0.1, 0.15) is 16.8 Å². The number of hydrogen-bond acceptors (Lipinski definition) is 2. The topological polar surface area (TPSA) is 30.7 Å². The fraction of sp³-hybridized carbons (Fsp3) is 0.273. The number of nitrogens with zero attached hydrogens (tertiary/aromatic N) is 3. The summed E-state index contributed by atoms with van der Waals surface area (Å²) in [6, 6.07) is 2.82. The molecule has 0 amide bonds. The minimum Gasteiger partial charge on any atom is -0.268 e. The van der Waals surface area contributed by atoms with Gasteiger partial charge in [-0.2, -0.15) is 18.3 Å². The third-order valence-electron chi connectivity index (χ3n) is 2.21. The first kappa shape index (κ1) is 11.6. The molecule has 0 unspecified atom stereocenters. The van der Waals surface area contributed by atoms with Gasteiger partial charge in [0.2, 0.25) is 0 Å². The predicted octanol–water partition coefficient (Wildman–Crippen LogP) is 2.65. The van der Waals surface area contributed by atoms with Crippen molar-refractivity contribution in [2.24, 2.45) is 0 Å². The quantitative estimate of drug-likeness (QED) is 0.809. The molecule has 6 heteroatoms. The van der Waals surface area contributed by atoms with Crippen molar-refractivity contribution in [3.63, 3.8) is 0 Å². The molecule has 3 nitrogen and oxygen atoms in total. The molecule has 0 aromatic carbocycles. The Hall–Kier alpha value is -1.85. The molecule has 17 heavy (non-hydrogen) atoms. The molecule has 2 rings (SSSR count). The summed E-state index contributed by atoms with van der Waals surface area (Å²) in [5.41, 5.74) is 0.908. The molecule has 2 aromatic heterocycles. The molecule has 0 spiro atoms. The third-order valence-corrected chi connectivity index (χ3v) is 2.21. The number of pyridine rings is 1.